The van der Waals surface area contributed by atoms with Crippen molar-refractivity contribution in [2.45, 2.75) is 0 Å². The highest BCUT2D eigenvalue weighted by atomic mass is 79.9. The van der Waals surface area contributed by atoms with Gasteiger partial charge >= 0.3 is 0 Å². The molecule has 0 aromatic heterocycles. The van der Waals surface area contributed by atoms with E-state index in [9.17, 15) is 9.18 Å². The van der Waals surface area contributed by atoms with E-state index in [-0.39, 0.29) is 5.78 Å². The fraction of sp³-hybridized carbons (Fsp3) is 0.118. The summed E-state index contributed by atoms with van der Waals surface area (Å²) >= 11 is 3.27. The molecule has 114 valence electrons. The van der Waals surface area contributed by atoms with Crippen LogP contribution in [-0.4, -0.2) is 20.0 Å². The summed E-state index contributed by atoms with van der Waals surface area (Å²) in [6.07, 6.45) is 2.74. The third-order valence-corrected chi connectivity index (χ3v) is 3.54. The van der Waals surface area contributed by atoms with E-state index < -0.39 is 5.82 Å². The smallest absolute Gasteiger partial charge is 0.189 e. The number of rotatable bonds is 5. The predicted molar refractivity (Wildman–Crippen MR) is 87.0 cm³/mol. The zero-order chi connectivity index (χ0) is 16.1. The second kappa shape index (κ2) is 7.22. The number of hydrogen-bond donors (Lipinski definition) is 0. The molecule has 0 saturated heterocycles. The lowest BCUT2D eigenvalue weighted by atomic mass is 10.1. The molecule has 3 nitrogen and oxygen atoms in total. The van der Waals surface area contributed by atoms with Crippen molar-refractivity contribution in [1.29, 1.82) is 0 Å². The first-order chi connectivity index (χ1) is 10.5. The minimum absolute atomic E-state index is 0.296. The van der Waals surface area contributed by atoms with E-state index in [4.69, 9.17) is 9.47 Å². The average Bonchev–Trinajstić information content (AvgIpc) is 2.54. The second-order valence-corrected chi connectivity index (χ2v) is 5.35. The molecular weight excluding hydrogens is 351 g/mol. The van der Waals surface area contributed by atoms with Gasteiger partial charge in [-0.15, -0.1) is 0 Å². The molecule has 0 aliphatic carbocycles. The molecule has 2 aromatic rings. The topological polar surface area (TPSA) is 35.5 Å². The van der Waals surface area contributed by atoms with E-state index in [0.717, 1.165) is 4.47 Å². The first-order valence-electron chi connectivity index (χ1n) is 6.44. The molecule has 0 radical (unpaired) electrons. The van der Waals surface area contributed by atoms with Crippen molar-refractivity contribution in [3.05, 3.63) is 63.9 Å². The van der Waals surface area contributed by atoms with Gasteiger partial charge in [-0.25, -0.2) is 4.39 Å². The van der Waals surface area contributed by atoms with E-state index in [0.29, 0.717) is 22.6 Å². The van der Waals surface area contributed by atoms with Crippen molar-refractivity contribution in [3.8, 4) is 11.5 Å². The van der Waals surface area contributed by atoms with Gasteiger partial charge in [-0.2, -0.15) is 0 Å². The van der Waals surface area contributed by atoms with Crippen molar-refractivity contribution in [2.24, 2.45) is 0 Å². The Bertz CT molecular complexity index is 726. The largest absolute Gasteiger partial charge is 0.497 e. The zero-order valence-corrected chi connectivity index (χ0v) is 13.7. The quantitative estimate of drug-likeness (QED) is 0.578. The third-order valence-electron chi connectivity index (χ3n) is 3.04. The van der Waals surface area contributed by atoms with Gasteiger partial charge in [-0.1, -0.05) is 15.9 Å². The number of allylic oxidation sites excluding steroid dienone is 1. The Morgan fingerprint density at radius 3 is 2.59 bits per heavy atom. The number of carbonyl (C=O) groups excluding carboxylic acids is 1. The molecule has 0 bridgehead atoms. The number of ether oxygens (including phenoxy) is 2. The molecule has 0 heterocycles. The van der Waals surface area contributed by atoms with Crippen LogP contribution in [0.4, 0.5) is 4.39 Å². The van der Waals surface area contributed by atoms with Gasteiger partial charge in [-0.05, 0) is 48.6 Å². The molecule has 0 amide bonds. The zero-order valence-electron chi connectivity index (χ0n) is 12.1. The van der Waals surface area contributed by atoms with E-state index in [1.54, 1.807) is 30.3 Å². The van der Waals surface area contributed by atoms with Crippen molar-refractivity contribution in [3.63, 3.8) is 0 Å². The summed E-state index contributed by atoms with van der Waals surface area (Å²) in [4.78, 5) is 12.3. The Balaban J connectivity index is 2.32. The molecule has 0 atom stereocenters. The molecule has 0 saturated carbocycles. The van der Waals surface area contributed by atoms with Crippen LogP contribution in [0.25, 0.3) is 6.08 Å². The maximum Gasteiger partial charge on any atom is 0.189 e. The van der Waals surface area contributed by atoms with Gasteiger partial charge in [0.1, 0.15) is 17.3 Å². The minimum Gasteiger partial charge on any atom is -0.497 e. The molecular formula is C17H14BrFO3. The van der Waals surface area contributed by atoms with Crippen molar-refractivity contribution >= 4 is 27.8 Å². The fourth-order valence-electron chi connectivity index (χ4n) is 1.90. The van der Waals surface area contributed by atoms with Crippen LogP contribution in [0.1, 0.15) is 15.9 Å². The number of carbonyl (C=O) groups is 1. The Morgan fingerprint density at radius 1 is 1.14 bits per heavy atom. The number of halogens is 2. The summed E-state index contributed by atoms with van der Waals surface area (Å²) in [5.41, 5.74) is 0.679. The molecule has 0 spiro atoms. The fourth-order valence-corrected chi connectivity index (χ4v) is 2.28. The van der Waals surface area contributed by atoms with Gasteiger partial charge in [0.25, 0.3) is 0 Å². The predicted octanol–water partition coefficient (Wildman–Crippen LogP) is 4.50. The van der Waals surface area contributed by atoms with Crippen LogP contribution < -0.4 is 9.47 Å². The van der Waals surface area contributed by atoms with Crippen molar-refractivity contribution in [1.82, 2.24) is 0 Å². The summed E-state index contributed by atoms with van der Waals surface area (Å²) in [5.74, 6) is 0.288. The maximum absolute atomic E-state index is 13.7. The lowest BCUT2D eigenvalue weighted by molar-refractivity contribution is 0.104. The first-order valence-corrected chi connectivity index (χ1v) is 7.24. The Hall–Kier alpha value is -2.14. The van der Waals surface area contributed by atoms with Crippen LogP contribution in [0.15, 0.2) is 46.9 Å². The Kier molecular flexibility index (Phi) is 5.33. The molecule has 0 aliphatic rings. The van der Waals surface area contributed by atoms with Gasteiger partial charge in [0.15, 0.2) is 5.78 Å². The third kappa shape index (κ3) is 3.74. The lowest BCUT2D eigenvalue weighted by Gasteiger charge is -2.08. The Labute approximate surface area is 136 Å². The highest BCUT2D eigenvalue weighted by Gasteiger charge is 2.11. The standard InChI is InChI=1S/C17H14BrFO3/c1-21-13-5-8-17(22-2)14(10-13)16(20)7-3-11-9-12(18)4-6-15(11)19/h3-10H,1-2H3. The van der Waals surface area contributed by atoms with E-state index in [1.165, 1.54) is 32.4 Å². The molecule has 2 aromatic carbocycles. The molecule has 0 N–H and O–H groups in total. The first kappa shape index (κ1) is 16.2. The van der Waals surface area contributed by atoms with Crippen molar-refractivity contribution < 1.29 is 18.7 Å². The summed E-state index contributed by atoms with van der Waals surface area (Å²) in [6.45, 7) is 0. The van der Waals surface area contributed by atoms with E-state index in [2.05, 4.69) is 15.9 Å². The summed E-state index contributed by atoms with van der Waals surface area (Å²) < 4.78 is 24.7. The second-order valence-electron chi connectivity index (χ2n) is 4.43. The monoisotopic (exact) mass is 364 g/mol. The summed E-state index contributed by atoms with van der Waals surface area (Å²) in [6, 6.07) is 9.47. The molecule has 2 rings (SSSR count). The summed E-state index contributed by atoms with van der Waals surface area (Å²) in [5, 5.41) is 0. The van der Waals surface area contributed by atoms with Gasteiger partial charge in [0.05, 0.1) is 19.8 Å². The van der Waals surface area contributed by atoms with Gasteiger partial charge in [-0.3, -0.25) is 4.79 Å². The van der Waals surface area contributed by atoms with Crippen LogP contribution in [0.5, 0.6) is 11.5 Å². The average molecular weight is 365 g/mol. The number of ketones is 1. The number of methoxy groups -OCH3 is 2. The van der Waals surface area contributed by atoms with Crippen LogP contribution in [0, 0.1) is 5.82 Å². The molecule has 0 unspecified atom stereocenters. The van der Waals surface area contributed by atoms with Gasteiger partial charge in [0.2, 0.25) is 0 Å². The van der Waals surface area contributed by atoms with Crippen molar-refractivity contribution in [2.75, 3.05) is 14.2 Å². The van der Waals surface area contributed by atoms with Gasteiger partial charge < -0.3 is 9.47 Å². The highest BCUT2D eigenvalue weighted by Crippen LogP contribution is 2.25. The minimum atomic E-state index is -0.398. The SMILES string of the molecule is COc1ccc(OC)c(C(=O)C=Cc2cc(Br)ccc2F)c1. The molecule has 0 fully saturated rings. The van der Waals surface area contributed by atoms with Crippen LogP contribution in [0.2, 0.25) is 0 Å². The van der Waals surface area contributed by atoms with E-state index >= 15 is 0 Å². The van der Waals surface area contributed by atoms with Crippen LogP contribution in [-0.2, 0) is 0 Å². The summed E-state index contributed by atoms with van der Waals surface area (Å²) in [7, 11) is 3.00. The van der Waals surface area contributed by atoms with Gasteiger partial charge in [0, 0.05) is 10.0 Å². The Morgan fingerprint density at radius 2 is 1.91 bits per heavy atom. The normalized spacial score (nSPS) is 10.7. The maximum atomic E-state index is 13.7. The highest BCUT2D eigenvalue weighted by molar-refractivity contribution is 9.10. The molecule has 5 heteroatoms. The molecule has 22 heavy (non-hydrogen) atoms. The number of hydrogen-bond acceptors (Lipinski definition) is 3. The lowest BCUT2D eigenvalue weighted by Crippen LogP contribution is -2.00. The van der Waals surface area contributed by atoms with Crippen LogP contribution in [0.3, 0.4) is 0 Å². The number of benzene rings is 2. The molecule has 0 aliphatic heterocycles. The van der Waals surface area contributed by atoms with Crippen LogP contribution >= 0.6 is 15.9 Å². The van der Waals surface area contributed by atoms with E-state index in [1.807, 2.05) is 0 Å².